The number of hydrazine groups is 1. The van der Waals surface area contributed by atoms with Crippen LogP contribution in [0.3, 0.4) is 0 Å². The predicted molar refractivity (Wildman–Crippen MR) is 69.5 cm³/mol. The number of hydrogen-bond donors (Lipinski definition) is 1. The fraction of sp³-hybridized carbons (Fsp3) is 0.308. The number of rotatable bonds is 3. The van der Waals surface area contributed by atoms with Crippen molar-refractivity contribution in [3.05, 3.63) is 30.3 Å². The molecule has 1 fully saturated rings. The van der Waals surface area contributed by atoms with E-state index in [1.165, 1.54) is 11.9 Å². The van der Waals surface area contributed by atoms with Crippen LogP contribution in [-0.4, -0.2) is 30.0 Å². The number of Topliss-reactive ketones (excluding diaryl/α,β-unsaturated/α-hetero) is 1. The first-order valence-electron chi connectivity index (χ1n) is 5.79. The summed E-state index contributed by atoms with van der Waals surface area (Å²) in [5.41, 5.74) is 4.20. The smallest absolute Gasteiger partial charge is 0.288 e. The van der Waals surface area contributed by atoms with E-state index in [2.05, 4.69) is 10.4 Å². The van der Waals surface area contributed by atoms with Gasteiger partial charge >= 0.3 is 0 Å². The van der Waals surface area contributed by atoms with Crippen LogP contribution in [0.25, 0.3) is 0 Å². The summed E-state index contributed by atoms with van der Waals surface area (Å²) in [7, 11) is 0. The minimum atomic E-state index is -0.199. The highest BCUT2D eigenvalue weighted by molar-refractivity contribution is 6.47. The molecule has 1 aliphatic heterocycles. The van der Waals surface area contributed by atoms with Crippen molar-refractivity contribution in [2.24, 2.45) is 4.99 Å². The molecular weight excluding hydrogens is 230 g/mol. The van der Waals surface area contributed by atoms with Crippen LogP contribution in [0.15, 0.2) is 35.3 Å². The maximum absolute atomic E-state index is 12.2. The van der Waals surface area contributed by atoms with Crippen molar-refractivity contribution in [3.8, 4) is 0 Å². The Morgan fingerprint density at radius 1 is 1.39 bits per heavy atom. The van der Waals surface area contributed by atoms with Gasteiger partial charge in [-0.05, 0) is 26.0 Å². The summed E-state index contributed by atoms with van der Waals surface area (Å²) < 4.78 is 0. The number of carbonyl (C=O) groups excluding carboxylic acids is 2. The number of carbonyl (C=O) groups is 2. The monoisotopic (exact) mass is 245 g/mol. The lowest BCUT2D eigenvalue weighted by Gasteiger charge is -2.15. The van der Waals surface area contributed by atoms with Gasteiger partial charge in [0.2, 0.25) is 0 Å². The average molecular weight is 245 g/mol. The number of anilines is 1. The lowest BCUT2D eigenvalue weighted by molar-refractivity contribution is -0.115. The Hall–Kier alpha value is -2.01. The molecule has 0 aromatic heterocycles. The fourth-order valence-corrected chi connectivity index (χ4v) is 1.78. The van der Waals surface area contributed by atoms with E-state index >= 15 is 0 Å². The number of para-hydroxylation sites is 1. The van der Waals surface area contributed by atoms with E-state index in [-0.39, 0.29) is 24.3 Å². The minimum absolute atomic E-state index is 0.0513. The summed E-state index contributed by atoms with van der Waals surface area (Å²) >= 11 is 0. The first kappa shape index (κ1) is 12.4. The second-order valence-corrected chi connectivity index (χ2v) is 4.23. The number of ketones is 1. The van der Waals surface area contributed by atoms with Crippen LogP contribution in [0.2, 0.25) is 0 Å². The molecule has 1 aromatic rings. The number of nitrogens with one attached hydrogen (secondary N) is 1. The molecule has 1 saturated heterocycles. The second kappa shape index (κ2) is 5.10. The molecule has 1 unspecified atom stereocenters. The summed E-state index contributed by atoms with van der Waals surface area (Å²) in [4.78, 5) is 27.1. The third kappa shape index (κ3) is 2.46. The third-order valence-electron chi connectivity index (χ3n) is 2.64. The molecule has 94 valence electrons. The van der Waals surface area contributed by atoms with Crippen molar-refractivity contribution in [2.75, 3.05) is 11.6 Å². The molecule has 1 heterocycles. The fourth-order valence-electron chi connectivity index (χ4n) is 1.78. The van der Waals surface area contributed by atoms with Gasteiger partial charge in [-0.3, -0.25) is 14.6 Å². The van der Waals surface area contributed by atoms with E-state index in [9.17, 15) is 9.59 Å². The van der Waals surface area contributed by atoms with Gasteiger partial charge in [-0.1, -0.05) is 18.2 Å². The lowest BCUT2D eigenvalue weighted by Crippen LogP contribution is -2.36. The zero-order valence-corrected chi connectivity index (χ0v) is 10.4. The number of aliphatic imine (C=N–C) groups is 1. The van der Waals surface area contributed by atoms with Gasteiger partial charge in [0.1, 0.15) is 5.71 Å². The Balaban J connectivity index is 2.22. The normalized spacial score (nSPS) is 21.7. The van der Waals surface area contributed by atoms with Gasteiger partial charge in [0.25, 0.3) is 5.91 Å². The molecule has 1 amide bonds. The van der Waals surface area contributed by atoms with E-state index < -0.39 is 0 Å². The molecule has 1 aromatic carbocycles. The highest BCUT2D eigenvalue weighted by atomic mass is 16.2. The number of nitrogens with zero attached hydrogens (tertiary/aromatic N) is 2. The van der Waals surface area contributed by atoms with Gasteiger partial charge in [-0.15, -0.1) is 0 Å². The first-order chi connectivity index (χ1) is 8.59. The van der Waals surface area contributed by atoms with Crippen LogP contribution in [-0.2, 0) is 9.59 Å². The predicted octanol–water partition coefficient (Wildman–Crippen LogP) is 0.956. The Morgan fingerprint density at radius 2 is 2.06 bits per heavy atom. The topological polar surface area (TPSA) is 61.8 Å². The molecule has 18 heavy (non-hydrogen) atoms. The molecule has 0 bridgehead atoms. The van der Waals surface area contributed by atoms with Crippen LogP contribution in [0.5, 0.6) is 0 Å². The van der Waals surface area contributed by atoms with Gasteiger partial charge in [0.05, 0.1) is 18.3 Å². The van der Waals surface area contributed by atoms with E-state index in [0.29, 0.717) is 5.71 Å². The number of hydrogen-bond acceptors (Lipinski definition) is 4. The van der Waals surface area contributed by atoms with Crippen molar-refractivity contribution in [2.45, 2.75) is 19.9 Å². The Bertz CT molecular complexity index is 496. The minimum Gasteiger partial charge on any atom is -0.298 e. The molecule has 5 heteroatoms. The van der Waals surface area contributed by atoms with Crippen LogP contribution >= 0.6 is 0 Å². The van der Waals surface area contributed by atoms with E-state index in [1.807, 2.05) is 37.3 Å². The molecule has 1 aliphatic rings. The lowest BCUT2D eigenvalue weighted by atomic mass is 10.2. The van der Waals surface area contributed by atoms with E-state index in [1.54, 1.807) is 0 Å². The van der Waals surface area contributed by atoms with Gasteiger partial charge in [-0.25, -0.2) is 10.4 Å². The SMILES string of the molecule is CC(=O)CN=C1C(=O)N(c2ccccc2)NC1C. The van der Waals surface area contributed by atoms with Crippen LogP contribution in [0, 0.1) is 0 Å². The summed E-state index contributed by atoms with van der Waals surface area (Å²) in [6.07, 6.45) is 0. The van der Waals surface area contributed by atoms with E-state index in [0.717, 1.165) is 5.69 Å². The maximum Gasteiger partial charge on any atom is 0.288 e. The van der Waals surface area contributed by atoms with Crippen molar-refractivity contribution < 1.29 is 9.59 Å². The van der Waals surface area contributed by atoms with Crippen LogP contribution in [0.1, 0.15) is 13.8 Å². The molecule has 0 aliphatic carbocycles. The third-order valence-corrected chi connectivity index (χ3v) is 2.64. The standard InChI is InChI=1S/C13H15N3O2/c1-9(17)8-14-12-10(2)15-16(13(12)18)11-6-4-3-5-7-11/h3-7,10,15H,8H2,1-2H3. The highest BCUT2D eigenvalue weighted by Crippen LogP contribution is 2.17. The Kier molecular flexibility index (Phi) is 3.53. The van der Waals surface area contributed by atoms with Gasteiger partial charge in [0, 0.05) is 0 Å². The number of benzene rings is 1. The molecule has 0 radical (unpaired) electrons. The summed E-state index contributed by atoms with van der Waals surface area (Å²) in [6.45, 7) is 3.35. The van der Waals surface area contributed by atoms with Crippen molar-refractivity contribution in [1.29, 1.82) is 0 Å². The molecule has 1 N–H and O–H groups in total. The average Bonchev–Trinajstić information content (AvgIpc) is 2.63. The van der Waals surface area contributed by atoms with Gasteiger partial charge in [-0.2, -0.15) is 0 Å². The largest absolute Gasteiger partial charge is 0.298 e. The molecule has 1 atom stereocenters. The first-order valence-corrected chi connectivity index (χ1v) is 5.79. The van der Waals surface area contributed by atoms with Gasteiger partial charge in [0.15, 0.2) is 5.78 Å². The highest BCUT2D eigenvalue weighted by Gasteiger charge is 2.34. The molecule has 0 saturated carbocycles. The Morgan fingerprint density at radius 3 is 2.67 bits per heavy atom. The molecule has 5 nitrogen and oxygen atoms in total. The summed E-state index contributed by atoms with van der Waals surface area (Å²) in [6, 6.07) is 9.10. The molecule has 2 rings (SSSR count). The van der Waals surface area contributed by atoms with Crippen molar-refractivity contribution in [3.63, 3.8) is 0 Å². The van der Waals surface area contributed by atoms with Crippen molar-refractivity contribution in [1.82, 2.24) is 5.43 Å². The quantitative estimate of drug-likeness (QED) is 0.862. The second-order valence-electron chi connectivity index (χ2n) is 4.23. The van der Waals surface area contributed by atoms with Crippen LogP contribution < -0.4 is 10.4 Å². The number of amides is 1. The summed E-state index contributed by atoms with van der Waals surface area (Å²) in [5.74, 6) is -0.254. The zero-order valence-electron chi connectivity index (χ0n) is 10.4. The summed E-state index contributed by atoms with van der Waals surface area (Å²) in [5, 5.41) is 1.46. The molecule has 0 spiro atoms. The van der Waals surface area contributed by atoms with Crippen molar-refractivity contribution >= 4 is 23.1 Å². The Labute approximate surface area is 105 Å². The maximum atomic E-state index is 12.2. The zero-order chi connectivity index (χ0) is 13.1. The van der Waals surface area contributed by atoms with Crippen LogP contribution in [0.4, 0.5) is 5.69 Å². The molecular formula is C13H15N3O2. The van der Waals surface area contributed by atoms with Gasteiger partial charge < -0.3 is 0 Å². The van der Waals surface area contributed by atoms with E-state index in [4.69, 9.17) is 0 Å².